The largest absolute Gasteiger partial charge is 0.497 e. The van der Waals surface area contributed by atoms with Gasteiger partial charge in [-0.1, -0.05) is 12.1 Å². The van der Waals surface area contributed by atoms with Crippen molar-refractivity contribution in [1.82, 2.24) is 10.6 Å². The molecule has 0 spiro atoms. The molecule has 3 atom stereocenters. The fourth-order valence-electron chi connectivity index (χ4n) is 2.85. The van der Waals surface area contributed by atoms with Crippen molar-refractivity contribution in [2.24, 2.45) is 0 Å². The van der Waals surface area contributed by atoms with E-state index < -0.39 is 24.0 Å². The van der Waals surface area contributed by atoms with Crippen LogP contribution in [0.2, 0.25) is 0 Å². The third-order valence-corrected chi connectivity index (χ3v) is 4.56. The van der Waals surface area contributed by atoms with Gasteiger partial charge in [0.05, 0.1) is 19.7 Å². The second kappa shape index (κ2) is 6.94. The van der Waals surface area contributed by atoms with Gasteiger partial charge in [0.2, 0.25) is 0 Å². The summed E-state index contributed by atoms with van der Waals surface area (Å²) in [6, 6.07) is 7.39. The Kier molecular flexibility index (Phi) is 4.91. The van der Waals surface area contributed by atoms with E-state index in [0.717, 1.165) is 11.3 Å². The Morgan fingerprint density at radius 2 is 2.12 bits per heavy atom. The van der Waals surface area contributed by atoms with Crippen LogP contribution in [0.1, 0.15) is 18.4 Å². The highest BCUT2D eigenvalue weighted by Crippen LogP contribution is 2.38. The molecular weight excluding hydrogens is 315 g/mol. The maximum Gasteiger partial charge on any atom is 0.407 e. The van der Waals surface area contributed by atoms with E-state index in [9.17, 15) is 14.3 Å². The molecule has 0 aromatic heterocycles. The van der Waals surface area contributed by atoms with E-state index in [-0.39, 0.29) is 12.6 Å². The molecule has 1 aromatic carbocycles. The molecule has 0 bridgehead atoms. The molecule has 2 fully saturated rings. The highest BCUT2D eigenvalue weighted by atomic mass is 19.1. The van der Waals surface area contributed by atoms with Crippen molar-refractivity contribution in [3.63, 3.8) is 0 Å². The summed E-state index contributed by atoms with van der Waals surface area (Å²) in [7, 11) is 1.61. The molecule has 1 aliphatic carbocycles. The van der Waals surface area contributed by atoms with Gasteiger partial charge in [-0.2, -0.15) is 0 Å². The van der Waals surface area contributed by atoms with Crippen LogP contribution in [0, 0.1) is 0 Å². The molecule has 1 aliphatic heterocycles. The van der Waals surface area contributed by atoms with Gasteiger partial charge in [0, 0.05) is 6.54 Å². The number of methoxy groups -OCH3 is 1. The molecule has 2 aliphatic rings. The first kappa shape index (κ1) is 17.0. The van der Waals surface area contributed by atoms with Crippen LogP contribution in [-0.2, 0) is 11.2 Å². The lowest BCUT2D eigenvalue weighted by atomic mass is 10.0. The number of carbonyl (C=O) groups excluding carboxylic acids is 1. The summed E-state index contributed by atoms with van der Waals surface area (Å²) in [4.78, 5) is 11.8. The number of alkyl carbamates (subject to hydrolysis) is 1. The zero-order valence-electron chi connectivity index (χ0n) is 13.6. The van der Waals surface area contributed by atoms with E-state index in [0.29, 0.717) is 25.8 Å². The van der Waals surface area contributed by atoms with Crippen molar-refractivity contribution < 1.29 is 23.8 Å². The van der Waals surface area contributed by atoms with E-state index in [4.69, 9.17) is 9.47 Å². The standard InChI is InChI=1S/C17H23FN2O4/c1-23-12-4-2-11(3-5-12)8-13-15(14(21)9-19-13)24-16(22)20-10-17(18)6-7-17/h2-5,13-15,19,21H,6-10H2,1H3,(H,20,22)/t13-,14+,15+/m1/s1. The SMILES string of the molecule is COc1ccc(C[C@H]2NC[C@H](O)[C@H]2OC(=O)NCC2(F)CC2)cc1. The Morgan fingerprint density at radius 1 is 1.42 bits per heavy atom. The van der Waals surface area contributed by atoms with Crippen LogP contribution >= 0.6 is 0 Å². The predicted octanol–water partition coefficient (Wildman–Crippen LogP) is 1.17. The van der Waals surface area contributed by atoms with Crippen molar-refractivity contribution in [1.29, 1.82) is 0 Å². The second-order valence-corrected chi connectivity index (χ2v) is 6.51. The predicted molar refractivity (Wildman–Crippen MR) is 85.8 cm³/mol. The number of nitrogens with one attached hydrogen (secondary N) is 2. The second-order valence-electron chi connectivity index (χ2n) is 6.51. The minimum Gasteiger partial charge on any atom is -0.497 e. The van der Waals surface area contributed by atoms with Crippen molar-refractivity contribution in [3.8, 4) is 5.75 Å². The molecule has 0 unspecified atom stereocenters. The first-order valence-electron chi connectivity index (χ1n) is 8.17. The fourth-order valence-corrected chi connectivity index (χ4v) is 2.85. The molecule has 1 heterocycles. The summed E-state index contributed by atoms with van der Waals surface area (Å²) in [6.07, 6.45) is -0.582. The van der Waals surface area contributed by atoms with Crippen LogP contribution in [0.25, 0.3) is 0 Å². The number of β-amino-alcohol motifs (C(OH)–C–C–N with tert-alkyl or cyclic N) is 1. The summed E-state index contributed by atoms with van der Waals surface area (Å²) in [6.45, 7) is 0.317. The molecule has 0 radical (unpaired) electrons. The fraction of sp³-hybridized carbons (Fsp3) is 0.588. The smallest absolute Gasteiger partial charge is 0.407 e. The topological polar surface area (TPSA) is 79.8 Å². The van der Waals surface area contributed by atoms with Gasteiger partial charge >= 0.3 is 6.09 Å². The normalized spacial score (nSPS) is 27.5. The lowest BCUT2D eigenvalue weighted by Gasteiger charge is -2.22. The maximum atomic E-state index is 13.5. The number of aliphatic hydroxyl groups excluding tert-OH is 1. The van der Waals surface area contributed by atoms with Crippen LogP contribution in [0.3, 0.4) is 0 Å². The van der Waals surface area contributed by atoms with E-state index in [1.54, 1.807) is 7.11 Å². The van der Waals surface area contributed by atoms with E-state index in [2.05, 4.69) is 10.6 Å². The van der Waals surface area contributed by atoms with Crippen LogP contribution in [0.15, 0.2) is 24.3 Å². The monoisotopic (exact) mass is 338 g/mol. The zero-order chi connectivity index (χ0) is 17.2. The van der Waals surface area contributed by atoms with Gasteiger partial charge in [0.15, 0.2) is 0 Å². The number of benzene rings is 1. The number of halogens is 1. The maximum absolute atomic E-state index is 13.5. The van der Waals surface area contributed by atoms with Gasteiger partial charge < -0.3 is 25.2 Å². The molecule has 24 heavy (non-hydrogen) atoms. The number of carbonyl (C=O) groups is 1. The summed E-state index contributed by atoms with van der Waals surface area (Å²) in [5.41, 5.74) is -0.231. The van der Waals surface area contributed by atoms with Gasteiger partial charge in [-0.15, -0.1) is 0 Å². The number of alkyl halides is 1. The van der Waals surface area contributed by atoms with Gasteiger partial charge in [-0.25, -0.2) is 9.18 Å². The zero-order valence-corrected chi connectivity index (χ0v) is 13.6. The number of aliphatic hydroxyl groups is 1. The lowest BCUT2D eigenvalue weighted by Crippen LogP contribution is -2.42. The summed E-state index contributed by atoms with van der Waals surface area (Å²) < 4.78 is 24.0. The van der Waals surface area contributed by atoms with Crippen LogP contribution < -0.4 is 15.4 Å². The van der Waals surface area contributed by atoms with E-state index in [1.165, 1.54) is 0 Å². The van der Waals surface area contributed by atoms with Crippen molar-refractivity contribution in [2.45, 2.75) is 43.2 Å². The summed E-state index contributed by atoms with van der Waals surface area (Å²) in [5.74, 6) is 0.769. The first-order chi connectivity index (χ1) is 11.5. The molecule has 1 saturated heterocycles. The number of hydrogen-bond acceptors (Lipinski definition) is 5. The minimum atomic E-state index is -1.27. The van der Waals surface area contributed by atoms with Crippen molar-refractivity contribution >= 4 is 6.09 Å². The van der Waals surface area contributed by atoms with Crippen LogP contribution in [-0.4, -0.2) is 55.3 Å². The molecule has 1 aromatic rings. The van der Waals surface area contributed by atoms with Gasteiger partial charge in [0.25, 0.3) is 0 Å². The minimum absolute atomic E-state index is 0.0365. The Balaban J connectivity index is 1.54. The average Bonchev–Trinajstić information content (AvgIpc) is 3.24. The van der Waals surface area contributed by atoms with E-state index >= 15 is 0 Å². The van der Waals surface area contributed by atoms with Gasteiger partial charge in [-0.05, 0) is 37.0 Å². The van der Waals surface area contributed by atoms with Gasteiger partial charge in [0.1, 0.15) is 23.6 Å². The Hall–Kier alpha value is -1.86. The Morgan fingerprint density at radius 3 is 2.75 bits per heavy atom. The number of ether oxygens (including phenoxy) is 2. The average molecular weight is 338 g/mol. The van der Waals surface area contributed by atoms with Gasteiger partial charge in [-0.3, -0.25) is 0 Å². The molecule has 1 amide bonds. The Labute approximate surface area is 140 Å². The molecule has 1 saturated carbocycles. The first-order valence-corrected chi connectivity index (χ1v) is 8.17. The molecule has 3 rings (SSSR count). The molecule has 3 N–H and O–H groups in total. The lowest BCUT2D eigenvalue weighted by molar-refractivity contribution is 0.0181. The molecule has 6 nitrogen and oxygen atoms in total. The third kappa shape index (κ3) is 4.15. The van der Waals surface area contributed by atoms with Crippen LogP contribution in [0.5, 0.6) is 5.75 Å². The third-order valence-electron chi connectivity index (χ3n) is 4.56. The summed E-state index contributed by atoms with van der Waals surface area (Å²) >= 11 is 0. The Bertz CT molecular complexity index is 576. The van der Waals surface area contributed by atoms with E-state index in [1.807, 2.05) is 24.3 Å². The van der Waals surface area contributed by atoms with Crippen molar-refractivity contribution in [3.05, 3.63) is 29.8 Å². The van der Waals surface area contributed by atoms with Crippen LogP contribution in [0.4, 0.5) is 9.18 Å². The summed E-state index contributed by atoms with van der Waals surface area (Å²) in [5, 5.41) is 15.7. The molecule has 7 heteroatoms. The molecule has 132 valence electrons. The highest BCUT2D eigenvalue weighted by molar-refractivity contribution is 5.67. The molecular formula is C17H23FN2O4. The highest BCUT2D eigenvalue weighted by Gasteiger charge is 2.44. The number of hydrogen-bond donors (Lipinski definition) is 3. The quantitative estimate of drug-likeness (QED) is 0.726. The number of rotatable bonds is 6. The van der Waals surface area contributed by atoms with Crippen molar-refractivity contribution in [2.75, 3.05) is 20.2 Å². The number of amides is 1.